The van der Waals surface area contributed by atoms with E-state index in [1.165, 1.54) is 24.3 Å². The van der Waals surface area contributed by atoms with Crippen molar-refractivity contribution in [3.05, 3.63) is 30.1 Å². The predicted molar refractivity (Wildman–Crippen MR) is 73.2 cm³/mol. The quantitative estimate of drug-likeness (QED) is 0.864. The smallest absolute Gasteiger partial charge is 0.181 e. The van der Waals surface area contributed by atoms with Crippen molar-refractivity contribution < 1.29 is 12.8 Å². The van der Waals surface area contributed by atoms with Gasteiger partial charge in [0.1, 0.15) is 5.82 Å². The molecule has 1 fully saturated rings. The van der Waals surface area contributed by atoms with Crippen LogP contribution in [0.15, 0.2) is 29.2 Å². The van der Waals surface area contributed by atoms with Crippen LogP contribution in [0.1, 0.15) is 26.7 Å². The normalized spacial score (nSPS) is 27.6. The Hall–Kier alpha value is -0.940. The van der Waals surface area contributed by atoms with Crippen LogP contribution in [0.4, 0.5) is 4.39 Å². The van der Waals surface area contributed by atoms with Gasteiger partial charge < -0.3 is 5.32 Å². The van der Waals surface area contributed by atoms with Crippen LogP contribution in [0, 0.1) is 11.7 Å². The summed E-state index contributed by atoms with van der Waals surface area (Å²) < 4.78 is 38.0. The van der Waals surface area contributed by atoms with E-state index in [2.05, 4.69) is 5.32 Å². The van der Waals surface area contributed by atoms with E-state index in [1.54, 1.807) is 0 Å². The third-order valence-electron chi connectivity index (χ3n) is 3.99. The van der Waals surface area contributed by atoms with Crippen molar-refractivity contribution in [1.29, 1.82) is 0 Å². The highest BCUT2D eigenvalue weighted by Gasteiger charge is 2.41. The largest absolute Gasteiger partial charge is 0.314 e. The highest BCUT2D eigenvalue weighted by Crippen LogP contribution is 2.34. The van der Waals surface area contributed by atoms with Gasteiger partial charge in [0.05, 0.1) is 10.1 Å². The zero-order chi connectivity index (χ0) is 14.0. The molecular formula is C14H20FNO2S. The third-order valence-corrected chi connectivity index (χ3v) is 6.38. The minimum atomic E-state index is -3.36. The second kappa shape index (κ2) is 5.59. The van der Waals surface area contributed by atoms with E-state index in [9.17, 15) is 12.8 Å². The Morgan fingerprint density at radius 1 is 1.26 bits per heavy atom. The summed E-state index contributed by atoms with van der Waals surface area (Å²) in [6.45, 7) is 4.85. The first-order valence-corrected chi connectivity index (χ1v) is 8.24. The van der Waals surface area contributed by atoms with Gasteiger partial charge >= 0.3 is 0 Å². The summed E-state index contributed by atoms with van der Waals surface area (Å²) in [7, 11) is -3.36. The monoisotopic (exact) mass is 285 g/mol. The van der Waals surface area contributed by atoms with Crippen LogP contribution in [0.2, 0.25) is 0 Å². The van der Waals surface area contributed by atoms with Gasteiger partial charge in [-0.1, -0.05) is 13.8 Å². The zero-order valence-corrected chi connectivity index (χ0v) is 12.1. The van der Waals surface area contributed by atoms with Crippen molar-refractivity contribution in [2.24, 2.45) is 5.92 Å². The number of rotatable bonds is 4. The number of nitrogens with one attached hydrogen (secondary N) is 1. The Balaban J connectivity index is 2.23. The molecule has 3 atom stereocenters. The van der Waals surface area contributed by atoms with Crippen molar-refractivity contribution in [3.63, 3.8) is 0 Å². The van der Waals surface area contributed by atoms with E-state index in [1.807, 2.05) is 13.8 Å². The van der Waals surface area contributed by atoms with Gasteiger partial charge in [0.15, 0.2) is 9.84 Å². The molecule has 1 saturated carbocycles. The van der Waals surface area contributed by atoms with Crippen molar-refractivity contribution in [2.75, 3.05) is 6.54 Å². The molecule has 1 N–H and O–H groups in total. The van der Waals surface area contributed by atoms with Crippen molar-refractivity contribution in [3.8, 4) is 0 Å². The predicted octanol–water partition coefficient (Wildman–Crippen LogP) is 2.38. The molecule has 0 bridgehead atoms. The van der Waals surface area contributed by atoms with Crippen LogP contribution >= 0.6 is 0 Å². The maximum Gasteiger partial charge on any atom is 0.181 e. The van der Waals surface area contributed by atoms with Crippen molar-refractivity contribution >= 4 is 9.84 Å². The molecule has 0 amide bonds. The van der Waals surface area contributed by atoms with Crippen LogP contribution in [-0.2, 0) is 9.84 Å². The molecule has 0 aromatic heterocycles. The van der Waals surface area contributed by atoms with Crippen LogP contribution in [0.3, 0.4) is 0 Å². The summed E-state index contributed by atoms with van der Waals surface area (Å²) in [6.07, 6.45) is 1.54. The fraction of sp³-hybridized carbons (Fsp3) is 0.571. The molecular weight excluding hydrogens is 265 g/mol. The Bertz CT molecular complexity index is 527. The molecule has 1 aromatic rings. The first-order chi connectivity index (χ1) is 8.96. The maximum absolute atomic E-state index is 12.9. The van der Waals surface area contributed by atoms with Gasteiger partial charge in [0.2, 0.25) is 0 Å². The van der Waals surface area contributed by atoms with E-state index >= 15 is 0 Å². The van der Waals surface area contributed by atoms with Crippen LogP contribution < -0.4 is 5.32 Å². The minimum absolute atomic E-state index is 0.0787. The van der Waals surface area contributed by atoms with Crippen molar-refractivity contribution in [2.45, 2.75) is 42.9 Å². The molecule has 3 unspecified atom stereocenters. The molecule has 0 heterocycles. The number of halogens is 1. The first kappa shape index (κ1) is 14.5. The molecule has 1 aromatic carbocycles. The summed E-state index contributed by atoms with van der Waals surface area (Å²) >= 11 is 0. The van der Waals surface area contributed by atoms with E-state index in [-0.39, 0.29) is 22.1 Å². The van der Waals surface area contributed by atoms with E-state index in [4.69, 9.17) is 0 Å². The molecule has 1 aliphatic carbocycles. The molecule has 106 valence electrons. The number of benzene rings is 1. The first-order valence-electron chi connectivity index (χ1n) is 6.69. The highest BCUT2D eigenvalue weighted by molar-refractivity contribution is 7.92. The highest BCUT2D eigenvalue weighted by atomic mass is 32.2. The lowest BCUT2D eigenvalue weighted by molar-refractivity contribution is 0.433. The van der Waals surface area contributed by atoms with Gasteiger partial charge in [-0.05, 0) is 49.6 Å². The van der Waals surface area contributed by atoms with E-state index in [0.717, 1.165) is 13.0 Å². The molecule has 2 rings (SSSR count). The van der Waals surface area contributed by atoms with Gasteiger partial charge in [-0.25, -0.2) is 12.8 Å². The fourth-order valence-electron chi connectivity index (χ4n) is 2.92. The molecule has 0 spiro atoms. The van der Waals surface area contributed by atoms with Crippen molar-refractivity contribution in [1.82, 2.24) is 5.32 Å². The summed E-state index contributed by atoms with van der Waals surface area (Å²) in [6, 6.07) is 5.38. The lowest BCUT2D eigenvalue weighted by Gasteiger charge is -2.21. The number of hydrogen-bond acceptors (Lipinski definition) is 3. The Kier molecular flexibility index (Phi) is 4.26. The summed E-state index contributed by atoms with van der Waals surface area (Å²) in [5.74, 6) is -0.334. The third kappa shape index (κ3) is 2.82. The molecule has 0 saturated heterocycles. The van der Waals surface area contributed by atoms with Crippen LogP contribution in [0.5, 0.6) is 0 Å². The molecule has 5 heteroatoms. The number of sulfone groups is 1. The van der Waals surface area contributed by atoms with Gasteiger partial charge in [-0.2, -0.15) is 0 Å². The zero-order valence-electron chi connectivity index (χ0n) is 11.3. The van der Waals surface area contributed by atoms with Gasteiger partial charge in [-0.15, -0.1) is 0 Å². The number of hydrogen-bond donors (Lipinski definition) is 1. The van der Waals surface area contributed by atoms with Crippen LogP contribution in [0.25, 0.3) is 0 Å². The molecule has 3 nitrogen and oxygen atoms in total. The average Bonchev–Trinajstić information content (AvgIpc) is 2.73. The van der Waals surface area contributed by atoms with E-state index < -0.39 is 15.7 Å². The second-order valence-electron chi connectivity index (χ2n) is 5.14. The average molecular weight is 285 g/mol. The Labute approximate surface area is 114 Å². The lowest BCUT2D eigenvalue weighted by atomic mass is 10.1. The molecule has 0 aliphatic heterocycles. The Morgan fingerprint density at radius 3 is 2.47 bits per heavy atom. The van der Waals surface area contributed by atoms with E-state index in [0.29, 0.717) is 6.42 Å². The second-order valence-corrected chi connectivity index (χ2v) is 7.30. The SMILES string of the molecule is CCNC1CCC(S(=O)(=O)c2ccc(F)cc2)C1C. The molecule has 1 aliphatic rings. The van der Waals surface area contributed by atoms with Gasteiger partial charge in [0, 0.05) is 6.04 Å². The standard InChI is InChI=1S/C14H20FNO2S/c1-3-16-13-8-9-14(10(13)2)19(17,18)12-6-4-11(15)5-7-12/h4-7,10,13-14,16H,3,8-9H2,1-2H3. The maximum atomic E-state index is 12.9. The Morgan fingerprint density at radius 2 is 1.89 bits per heavy atom. The lowest BCUT2D eigenvalue weighted by Crippen LogP contribution is -2.36. The summed E-state index contributed by atoms with van der Waals surface area (Å²) in [4.78, 5) is 0.225. The topological polar surface area (TPSA) is 46.2 Å². The van der Waals surface area contributed by atoms with Crippen LogP contribution in [-0.4, -0.2) is 26.3 Å². The molecule has 19 heavy (non-hydrogen) atoms. The summed E-state index contributed by atoms with van der Waals surface area (Å²) in [5, 5.41) is 2.96. The fourth-order valence-corrected chi connectivity index (χ4v) is 4.98. The van der Waals surface area contributed by atoms with Gasteiger partial charge in [0.25, 0.3) is 0 Å². The minimum Gasteiger partial charge on any atom is -0.314 e. The molecule has 0 radical (unpaired) electrons. The summed E-state index contributed by atoms with van der Waals surface area (Å²) in [5.41, 5.74) is 0. The van der Waals surface area contributed by atoms with Gasteiger partial charge in [-0.3, -0.25) is 0 Å².